The van der Waals surface area contributed by atoms with Crippen LogP contribution in [0, 0.1) is 20.8 Å². The Morgan fingerprint density at radius 2 is 1.62 bits per heavy atom. The summed E-state index contributed by atoms with van der Waals surface area (Å²) in [6.07, 6.45) is 4.70. The molecule has 2 aromatic carbocycles. The fraction of sp³-hybridized carbons (Fsp3) is 0.300. The molecular weight excluding hydrogens is 272 g/mol. The zero-order valence-corrected chi connectivity index (χ0v) is 14.3. The van der Waals surface area contributed by atoms with Gasteiger partial charge in [0, 0.05) is 9.80 Å². The van der Waals surface area contributed by atoms with E-state index in [1.165, 1.54) is 38.5 Å². The van der Waals surface area contributed by atoms with Crippen molar-refractivity contribution < 1.29 is 0 Å². The van der Waals surface area contributed by atoms with Crippen LogP contribution in [0.25, 0.3) is 4.91 Å². The first kappa shape index (κ1) is 15.9. The van der Waals surface area contributed by atoms with Gasteiger partial charge in [0.15, 0.2) is 0 Å². The standard InChI is InChI=1S/C20H24S/c1-5-6-12-19(21-18-10-8-7-9-11-18)20-16(3)13-15(2)14-17(20)4/h7-14H,5-6H2,1-4H3/b19-12-. The smallest absolute Gasteiger partial charge is 0.0160 e. The van der Waals surface area contributed by atoms with Crippen molar-refractivity contribution in [2.45, 2.75) is 45.4 Å². The second-order valence-corrected chi connectivity index (χ2v) is 6.66. The maximum atomic E-state index is 2.39. The molecule has 0 heterocycles. The van der Waals surface area contributed by atoms with Crippen LogP contribution in [0.2, 0.25) is 0 Å². The Morgan fingerprint density at radius 1 is 1.00 bits per heavy atom. The Hall–Kier alpha value is -1.47. The molecule has 0 saturated heterocycles. The molecule has 2 rings (SSSR count). The predicted molar refractivity (Wildman–Crippen MR) is 95.8 cm³/mol. The third-order valence-corrected chi connectivity index (χ3v) is 4.61. The quantitative estimate of drug-likeness (QED) is 0.564. The third kappa shape index (κ3) is 4.25. The van der Waals surface area contributed by atoms with Gasteiger partial charge in [0.2, 0.25) is 0 Å². The lowest BCUT2D eigenvalue weighted by molar-refractivity contribution is 0.961. The normalized spacial score (nSPS) is 11.7. The average Bonchev–Trinajstić information content (AvgIpc) is 2.44. The highest BCUT2D eigenvalue weighted by Crippen LogP contribution is 2.38. The Labute approximate surface area is 133 Å². The molecule has 21 heavy (non-hydrogen) atoms. The van der Waals surface area contributed by atoms with Gasteiger partial charge in [-0.05, 0) is 56.0 Å². The summed E-state index contributed by atoms with van der Waals surface area (Å²) >= 11 is 1.88. The summed E-state index contributed by atoms with van der Waals surface area (Å²) in [5.41, 5.74) is 5.49. The molecule has 1 heteroatoms. The van der Waals surface area contributed by atoms with Crippen molar-refractivity contribution in [1.82, 2.24) is 0 Å². The number of unbranched alkanes of at least 4 members (excludes halogenated alkanes) is 1. The highest BCUT2D eigenvalue weighted by Gasteiger charge is 2.10. The zero-order chi connectivity index (χ0) is 15.2. The number of benzene rings is 2. The van der Waals surface area contributed by atoms with Gasteiger partial charge >= 0.3 is 0 Å². The Bertz CT molecular complexity index is 601. The highest BCUT2D eigenvalue weighted by molar-refractivity contribution is 8.08. The molecule has 0 atom stereocenters. The first-order valence-corrected chi connectivity index (χ1v) is 8.44. The maximum Gasteiger partial charge on any atom is 0.0160 e. The first-order chi connectivity index (χ1) is 10.1. The number of allylic oxidation sites excluding steroid dienone is 1. The fourth-order valence-corrected chi connectivity index (χ4v) is 3.83. The van der Waals surface area contributed by atoms with Crippen molar-refractivity contribution in [1.29, 1.82) is 0 Å². The molecule has 0 spiro atoms. The van der Waals surface area contributed by atoms with Crippen LogP contribution in [0.15, 0.2) is 53.4 Å². The van der Waals surface area contributed by atoms with Crippen LogP contribution >= 0.6 is 11.8 Å². The lowest BCUT2D eigenvalue weighted by atomic mass is 9.99. The van der Waals surface area contributed by atoms with Gasteiger partial charge in [0.05, 0.1) is 0 Å². The molecule has 0 aromatic heterocycles. The molecule has 0 fully saturated rings. The van der Waals surface area contributed by atoms with Crippen molar-refractivity contribution in [2.75, 3.05) is 0 Å². The van der Waals surface area contributed by atoms with Gasteiger partial charge in [-0.1, -0.05) is 67.1 Å². The Morgan fingerprint density at radius 3 is 2.19 bits per heavy atom. The second kappa shape index (κ2) is 7.51. The lowest BCUT2D eigenvalue weighted by Crippen LogP contribution is -1.93. The van der Waals surface area contributed by atoms with Gasteiger partial charge in [-0.15, -0.1) is 0 Å². The predicted octanol–water partition coefficient (Wildman–Crippen LogP) is 6.55. The van der Waals surface area contributed by atoms with E-state index in [-0.39, 0.29) is 0 Å². The van der Waals surface area contributed by atoms with Gasteiger partial charge < -0.3 is 0 Å². The Kier molecular flexibility index (Phi) is 5.69. The first-order valence-electron chi connectivity index (χ1n) is 7.63. The lowest BCUT2D eigenvalue weighted by Gasteiger charge is -2.15. The molecule has 0 nitrogen and oxygen atoms in total. The van der Waals surface area contributed by atoms with E-state index >= 15 is 0 Å². The molecule has 0 aliphatic carbocycles. The molecule has 0 aliphatic rings. The van der Waals surface area contributed by atoms with Crippen molar-refractivity contribution in [2.24, 2.45) is 0 Å². The second-order valence-electron chi connectivity index (χ2n) is 5.55. The number of hydrogen-bond acceptors (Lipinski definition) is 1. The summed E-state index contributed by atoms with van der Waals surface area (Å²) in [5, 5.41) is 0. The van der Waals surface area contributed by atoms with Crippen LogP contribution in [0.1, 0.15) is 42.0 Å². The van der Waals surface area contributed by atoms with Crippen molar-refractivity contribution in [3.8, 4) is 0 Å². The van der Waals surface area contributed by atoms with Gasteiger partial charge in [0.25, 0.3) is 0 Å². The maximum absolute atomic E-state index is 2.39. The summed E-state index contributed by atoms with van der Waals surface area (Å²) in [7, 11) is 0. The number of rotatable bonds is 5. The summed E-state index contributed by atoms with van der Waals surface area (Å²) in [6, 6.07) is 15.2. The minimum atomic E-state index is 1.13. The van der Waals surface area contributed by atoms with E-state index in [0.717, 1.165) is 6.42 Å². The topological polar surface area (TPSA) is 0 Å². The molecule has 110 valence electrons. The molecule has 0 amide bonds. The molecule has 0 radical (unpaired) electrons. The summed E-state index contributed by atoms with van der Waals surface area (Å²) in [6.45, 7) is 8.85. The van der Waals surface area contributed by atoms with E-state index < -0.39 is 0 Å². The fourth-order valence-electron chi connectivity index (χ4n) is 2.65. The zero-order valence-electron chi connectivity index (χ0n) is 13.4. The number of hydrogen-bond donors (Lipinski definition) is 0. The van der Waals surface area contributed by atoms with Crippen molar-refractivity contribution in [3.63, 3.8) is 0 Å². The van der Waals surface area contributed by atoms with Crippen LogP contribution in [-0.2, 0) is 0 Å². The molecule has 0 unspecified atom stereocenters. The molecular formula is C20H24S. The van der Waals surface area contributed by atoms with Crippen LogP contribution < -0.4 is 0 Å². The van der Waals surface area contributed by atoms with Crippen LogP contribution in [0.4, 0.5) is 0 Å². The summed E-state index contributed by atoms with van der Waals surface area (Å²) < 4.78 is 0. The third-order valence-electron chi connectivity index (χ3n) is 3.51. The van der Waals surface area contributed by atoms with E-state index in [4.69, 9.17) is 0 Å². The minimum absolute atomic E-state index is 1.13. The van der Waals surface area contributed by atoms with Crippen LogP contribution in [-0.4, -0.2) is 0 Å². The molecule has 0 N–H and O–H groups in total. The van der Waals surface area contributed by atoms with Crippen molar-refractivity contribution >= 4 is 16.7 Å². The van der Waals surface area contributed by atoms with Gasteiger partial charge in [-0.3, -0.25) is 0 Å². The van der Waals surface area contributed by atoms with E-state index in [0.29, 0.717) is 0 Å². The number of aryl methyl sites for hydroxylation is 3. The van der Waals surface area contributed by atoms with Crippen LogP contribution in [0.3, 0.4) is 0 Å². The van der Waals surface area contributed by atoms with E-state index in [1.54, 1.807) is 0 Å². The largest absolute Gasteiger partial charge is 0.0898 e. The van der Waals surface area contributed by atoms with Gasteiger partial charge in [-0.2, -0.15) is 0 Å². The average molecular weight is 296 g/mol. The molecule has 0 aliphatic heterocycles. The van der Waals surface area contributed by atoms with Crippen LogP contribution in [0.5, 0.6) is 0 Å². The molecule has 0 saturated carbocycles. The summed E-state index contributed by atoms with van der Waals surface area (Å²) in [5.74, 6) is 0. The van der Waals surface area contributed by atoms with Gasteiger partial charge in [-0.25, -0.2) is 0 Å². The minimum Gasteiger partial charge on any atom is -0.0898 e. The van der Waals surface area contributed by atoms with E-state index in [2.05, 4.69) is 76.2 Å². The van der Waals surface area contributed by atoms with Crippen molar-refractivity contribution in [3.05, 3.63) is 70.8 Å². The molecule has 0 bridgehead atoms. The Balaban J connectivity index is 2.42. The molecule has 2 aromatic rings. The van der Waals surface area contributed by atoms with E-state index in [1.807, 2.05) is 11.8 Å². The van der Waals surface area contributed by atoms with Gasteiger partial charge in [0.1, 0.15) is 0 Å². The summed E-state index contributed by atoms with van der Waals surface area (Å²) in [4.78, 5) is 2.69. The monoisotopic (exact) mass is 296 g/mol. The SMILES string of the molecule is CCC/C=C(\Sc1ccccc1)c1c(C)cc(C)cc1C. The highest BCUT2D eigenvalue weighted by atomic mass is 32.2. The number of thioether (sulfide) groups is 1. The van der Waals surface area contributed by atoms with E-state index in [9.17, 15) is 0 Å².